The first kappa shape index (κ1) is 11.2. The van der Waals surface area contributed by atoms with Gasteiger partial charge in [0.05, 0.1) is 0 Å². The van der Waals surface area contributed by atoms with Crippen LogP contribution in [0.15, 0.2) is 24.3 Å². The largest absolute Gasteiger partial charge is 0.481 e. The van der Waals surface area contributed by atoms with E-state index in [1.807, 2.05) is 0 Å². The zero-order valence-corrected chi connectivity index (χ0v) is 9.65. The van der Waals surface area contributed by atoms with E-state index in [1.54, 1.807) is 0 Å². The highest BCUT2D eigenvalue weighted by atomic mass is 16.4. The van der Waals surface area contributed by atoms with Crippen LogP contribution < -0.4 is 0 Å². The smallest absolute Gasteiger partial charge is 0.303 e. The molecule has 16 heavy (non-hydrogen) atoms. The van der Waals surface area contributed by atoms with E-state index in [0.29, 0.717) is 18.3 Å². The number of aryl methyl sites for hydroxylation is 1. The summed E-state index contributed by atoms with van der Waals surface area (Å²) < 4.78 is 0. The molecule has 0 aromatic heterocycles. The first-order chi connectivity index (χ1) is 7.65. The maximum Gasteiger partial charge on any atom is 0.303 e. The van der Waals surface area contributed by atoms with Gasteiger partial charge in [0.25, 0.3) is 0 Å². The lowest BCUT2D eigenvalue weighted by molar-refractivity contribution is -0.138. The van der Waals surface area contributed by atoms with Crippen molar-refractivity contribution < 1.29 is 9.90 Å². The molecule has 1 unspecified atom stereocenters. The Kier molecular flexibility index (Phi) is 3.28. The van der Waals surface area contributed by atoms with Crippen molar-refractivity contribution in [3.63, 3.8) is 0 Å². The molecule has 1 fully saturated rings. The summed E-state index contributed by atoms with van der Waals surface area (Å²) in [5.41, 5.74) is 2.52. The van der Waals surface area contributed by atoms with Crippen molar-refractivity contribution in [2.75, 3.05) is 0 Å². The Morgan fingerprint density at radius 2 is 2.00 bits per heavy atom. The summed E-state index contributed by atoms with van der Waals surface area (Å²) >= 11 is 0. The minimum atomic E-state index is -0.663. The molecule has 0 saturated heterocycles. The van der Waals surface area contributed by atoms with Crippen LogP contribution in [0.3, 0.4) is 0 Å². The van der Waals surface area contributed by atoms with Crippen molar-refractivity contribution in [3.8, 4) is 0 Å². The fourth-order valence-electron chi connectivity index (χ4n) is 2.22. The molecule has 1 aliphatic carbocycles. The van der Waals surface area contributed by atoms with Crippen molar-refractivity contribution in [3.05, 3.63) is 35.4 Å². The summed E-state index contributed by atoms with van der Waals surface area (Å²) in [4.78, 5) is 10.8. The lowest BCUT2D eigenvalue weighted by Crippen LogP contribution is -2.12. The van der Waals surface area contributed by atoms with E-state index < -0.39 is 5.97 Å². The molecule has 0 bridgehead atoms. The van der Waals surface area contributed by atoms with Gasteiger partial charge in [-0.3, -0.25) is 4.79 Å². The van der Waals surface area contributed by atoms with Crippen LogP contribution in [0.2, 0.25) is 0 Å². The van der Waals surface area contributed by atoms with Crippen LogP contribution in [0, 0.1) is 18.8 Å². The number of aliphatic carboxylic acids is 1. The van der Waals surface area contributed by atoms with Gasteiger partial charge < -0.3 is 5.11 Å². The molecule has 2 rings (SSSR count). The Morgan fingerprint density at radius 1 is 1.38 bits per heavy atom. The third-order valence-electron chi connectivity index (χ3n) is 3.34. The van der Waals surface area contributed by atoms with E-state index in [1.165, 1.54) is 24.0 Å². The van der Waals surface area contributed by atoms with Gasteiger partial charge in [0.15, 0.2) is 0 Å². The summed E-state index contributed by atoms with van der Waals surface area (Å²) in [7, 11) is 0. The first-order valence-corrected chi connectivity index (χ1v) is 5.92. The Balaban J connectivity index is 1.99. The average Bonchev–Trinajstić information content (AvgIpc) is 3.03. The van der Waals surface area contributed by atoms with Crippen LogP contribution in [-0.2, 0) is 11.2 Å². The van der Waals surface area contributed by atoms with E-state index in [0.717, 1.165) is 6.42 Å². The lowest BCUT2D eigenvalue weighted by Gasteiger charge is -2.13. The molecule has 1 aromatic carbocycles. The van der Waals surface area contributed by atoms with Gasteiger partial charge in [-0.1, -0.05) is 29.8 Å². The molecule has 1 aromatic rings. The second-order valence-corrected chi connectivity index (χ2v) is 4.89. The maximum absolute atomic E-state index is 10.8. The predicted molar refractivity (Wildman–Crippen MR) is 63.3 cm³/mol. The molecule has 86 valence electrons. The highest BCUT2D eigenvalue weighted by Crippen LogP contribution is 2.40. The van der Waals surface area contributed by atoms with Gasteiger partial charge in [-0.2, -0.15) is 0 Å². The van der Waals surface area contributed by atoms with E-state index in [2.05, 4.69) is 31.2 Å². The van der Waals surface area contributed by atoms with Gasteiger partial charge in [0.1, 0.15) is 0 Å². The summed E-state index contributed by atoms with van der Waals surface area (Å²) in [6.45, 7) is 2.07. The number of hydrogen-bond donors (Lipinski definition) is 1. The second kappa shape index (κ2) is 4.69. The Hall–Kier alpha value is -1.31. The SMILES string of the molecule is Cc1ccc(CC(CC(=O)O)C2CC2)cc1. The number of rotatable bonds is 5. The number of carboxylic acids is 1. The van der Waals surface area contributed by atoms with Gasteiger partial charge in [0, 0.05) is 6.42 Å². The number of hydrogen-bond acceptors (Lipinski definition) is 1. The normalized spacial score (nSPS) is 17.1. The molecular formula is C14H18O2. The van der Waals surface area contributed by atoms with Crippen LogP contribution in [-0.4, -0.2) is 11.1 Å². The molecule has 0 aliphatic heterocycles. The highest BCUT2D eigenvalue weighted by Gasteiger charge is 2.32. The molecule has 1 aliphatic rings. The third kappa shape index (κ3) is 3.09. The van der Waals surface area contributed by atoms with Crippen LogP contribution in [0.1, 0.15) is 30.4 Å². The molecule has 1 atom stereocenters. The minimum absolute atomic E-state index is 0.318. The minimum Gasteiger partial charge on any atom is -0.481 e. The average molecular weight is 218 g/mol. The number of carboxylic acid groups (broad SMARTS) is 1. The van der Waals surface area contributed by atoms with Crippen molar-refractivity contribution >= 4 is 5.97 Å². The van der Waals surface area contributed by atoms with E-state index in [4.69, 9.17) is 5.11 Å². The van der Waals surface area contributed by atoms with Gasteiger partial charge in [-0.25, -0.2) is 0 Å². The maximum atomic E-state index is 10.8. The lowest BCUT2D eigenvalue weighted by atomic mass is 9.91. The summed E-state index contributed by atoms with van der Waals surface area (Å²) in [5, 5.41) is 8.88. The molecule has 0 heterocycles. The highest BCUT2D eigenvalue weighted by molar-refractivity contribution is 5.67. The molecule has 2 heteroatoms. The summed E-state index contributed by atoms with van der Waals surface area (Å²) in [5.74, 6) is 0.321. The van der Waals surface area contributed by atoms with Gasteiger partial charge in [-0.05, 0) is 43.6 Å². The zero-order chi connectivity index (χ0) is 11.5. The fourth-order valence-corrected chi connectivity index (χ4v) is 2.22. The molecule has 2 nitrogen and oxygen atoms in total. The quantitative estimate of drug-likeness (QED) is 0.824. The monoisotopic (exact) mass is 218 g/mol. The van der Waals surface area contributed by atoms with Crippen molar-refractivity contribution in [1.82, 2.24) is 0 Å². The Bertz CT molecular complexity index is 363. The first-order valence-electron chi connectivity index (χ1n) is 5.92. The van der Waals surface area contributed by atoms with Gasteiger partial charge >= 0.3 is 5.97 Å². The molecule has 0 radical (unpaired) electrons. The number of benzene rings is 1. The van der Waals surface area contributed by atoms with Crippen molar-refractivity contribution in [2.24, 2.45) is 11.8 Å². The van der Waals surface area contributed by atoms with Gasteiger partial charge in [0.2, 0.25) is 0 Å². The molecule has 0 amide bonds. The second-order valence-electron chi connectivity index (χ2n) is 4.89. The molecular weight excluding hydrogens is 200 g/mol. The molecule has 1 saturated carbocycles. The zero-order valence-electron chi connectivity index (χ0n) is 9.65. The third-order valence-corrected chi connectivity index (χ3v) is 3.34. The van der Waals surface area contributed by atoms with E-state index in [-0.39, 0.29) is 0 Å². The topological polar surface area (TPSA) is 37.3 Å². The van der Waals surface area contributed by atoms with Crippen LogP contribution in [0.4, 0.5) is 0 Å². The van der Waals surface area contributed by atoms with Gasteiger partial charge in [-0.15, -0.1) is 0 Å². The van der Waals surface area contributed by atoms with Crippen molar-refractivity contribution in [1.29, 1.82) is 0 Å². The van der Waals surface area contributed by atoms with Crippen LogP contribution in [0.5, 0.6) is 0 Å². The standard InChI is InChI=1S/C14H18O2/c1-10-2-4-11(5-3-10)8-13(9-14(15)16)12-6-7-12/h2-5,12-13H,6-9H2,1H3,(H,15,16). The Morgan fingerprint density at radius 3 is 2.50 bits per heavy atom. The summed E-state index contributed by atoms with van der Waals surface area (Å²) in [6, 6.07) is 8.43. The van der Waals surface area contributed by atoms with E-state index >= 15 is 0 Å². The summed E-state index contributed by atoms with van der Waals surface area (Å²) in [6.07, 6.45) is 3.66. The van der Waals surface area contributed by atoms with Crippen LogP contribution in [0.25, 0.3) is 0 Å². The number of carbonyl (C=O) groups is 1. The fraction of sp³-hybridized carbons (Fsp3) is 0.500. The Labute approximate surface area is 96.3 Å². The molecule has 1 N–H and O–H groups in total. The predicted octanol–water partition coefficient (Wildman–Crippen LogP) is 3.04. The van der Waals surface area contributed by atoms with Crippen molar-refractivity contribution in [2.45, 2.75) is 32.6 Å². The van der Waals surface area contributed by atoms with E-state index in [9.17, 15) is 4.79 Å². The molecule has 0 spiro atoms. The van der Waals surface area contributed by atoms with Crippen LogP contribution >= 0.6 is 0 Å².